The van der Waals surface area contributed by atoms with Gasteiger partial charge in [0.1, 0.15) is 0 Å². The standard InChI is InChI=1S/C9H7.C9H13.C3H7ClSi.2ClH.Hf/c1-2-5-9-7-3-6-8(9)4-1;1-6-5-7(2)9(4)8(6)3;1-2-3-5-4;;;/h1-7H;5H,1-4H3;2-3H2,1H3;2*1H;/q2*-1;;;;+2/p-2. The minimum Gasteiger partial charge on any atom is -1.00 e. The van der Waals surface area contributed by atoms with Crippen molar-refractivity contribution in [2.45, 2.75) is 47.1 Å². The maximum absolute atomic E-state index is 5.74. The molecular formula is C21H27Cl3HfSi-2. The molecule has 0 heterocycles. The summed E-state index contributed by atoms with van der Waals surface area (Å²) in [5.74, 6) is 0. The molecule has 3 aromatic rings. The van der Waals surface area contributed by atoms with Gasteiger partial charge in [-0.2, -0.15) is 45.8 Å². The van der Waals surface area contributed by atoms with Crippen LogP contribution < -0.4 is 24.8 Å². The van der Waals surface area contributed by atoms with Crippen molar-refractivity contribution in [3.63, 3.8) is 0 Å². The summed E-state index contributed by atoms with van der Waals surface area (Å²) in [6, 6.07) is 18.2. The smallest absolute Gasteiger partial charge is 0.0630 e. The second kappa shape index (κ2) is 15.1. The van der Waals surface area contributed by atoms with Crippen molar-refractivity contribution in [1.29, 1.82) is 0 Å². The molecule has 26 heavy (non-hydrogen) atoms. The van der Waals surface area contributed by atoms with E-state index in [4.69, 9.17) is 11.1 Å². The quantitative estimate of drug-likeness (QED) is 0.236. The molecule has 0 spiro atoms. The van der Waals surface area contributed by atoms with Crippen LogP contribution in [0.4, 0.5) is 0 Å². The van der Waals surface area contributed by atoms with E-state index in [0.29, 0.717) is 0 Å². The first-order valence-electron chi connectivity index (χ1n) is 8.40. The van der Waals surface area contributed by atoms with Crippen molar-refractivity contribution in [3.05, 3.63) is 70.8 Å². The Morgan fingerprint density at radius 1 is 1.12 bits per heavy atom. The molecule has 3 aromatic carbocycles. The van der Waals surface area contributed by atoms with Gasteiger partial charge in [-0.1, -0.05) is 33.8 Å². The first-order chi connectivity index (χ1) is 11.4. The van der Waals surface area contributed by atoms with Crippen LogP contribution in [-0.2, 0) is 23.0 Å². The van der Waals surface area contributed by atoms with Crippen LogP contribution in [0.3, 0.4) is 0 Å². The molecule has 0 saturated carbocycles. The molecule has 0 saturated heterocycles. The Balaban J connectivity index is 0. The van der Waals surface area contributed by atoms with Crippen molar-refractivity contribution >= 4 is 26.7 Å². The monoisotopic (exact) mass is 592 g/mol. The Labute approximate surface area is 191 Å². The molecule has 0 bridgehead atoms. The molecule has 3 rings (SSSR count). The minimum absolute atomic E-state index is 0. The summed E-state index contributed by atoms with van der Waals surface area (Å²) < 4.78 is 0. The molecule has 0 N–H and O–H groups in total. The van der Waals surface area contributed by atoms with Crippen LogP contribution >= 0.6 is 11.1 Å². The fourth-order valence-corrected chi connectivity index (χ4v) is 6.12. The average molecular weight is 592 g/mol. The Morgan fingerprint density at radius 3 is 2.08 bits per heavy atom. The molecule has 0 aliphatic heterocycles. The molecular weight excluding hydrogens is 565 g/mol. The zero-order valence-corrected chi connectivity index (χ0v) is 23.0. The summed E-state index contributed by atoms with van der Waals surface area (Å²) in [7, 11) is 0. The van der Waals surface area contributed by atoms with Gasteiger partial charge in [0.05, 0.1) is 0 Å². The molecule has 0 fully saturated rings. The van der Waals surface area contributed by atoms with Crippen molar-refractivity contribution in [1.82, 2.24) is 0 Å². The first kappa shape index (κ1) is 28.3. The third-order valence-corrected chi connectivity index (χ3v) is 8.40. The third-order valence-electron chi connectivity index (χ3n) is 4.20. The largest absolute Gasteiger partial charge is 1.00 e. The van der Waals surface area contributed by atoms with Crippen LogP contribution in [-0.4, -0.2) is 4.80 Å². The maximum atomic E-state index is 5.74. The number of hydrogen-bond acceptors (Lipinski definition) is 0. The van der Waals surface area contributed by atoms with Crippen LogP contribution in [0.1, 0.15) is 35.6 Å². The number of benzene rings is 1. The number of halogens is 3. The Kier molecular flexibility index (Phi) is 16.5. The number of hydrogen-bond donors (Lipinski definition) is 0. The van der Waals surface area contributed by atoms with Crippen molar-refractivity contribution in [2.24, 2.45) is 0 Å². The fourth-order valence-electron chi connectivity index (χ4n) is 2.42. The summed E-state index contributed by atoms with van der Waals surface area (Å²) in [5.41, 5.74) is 5.75. The second-order valence-electron chi connectivity index (χ2n) is 6.07. The Bertz CT molecular complexity index is 722. The van der Waals surface area contributed by atoms with Crippen molar-refractivity contribution < 1.29 is 47.8 Å². The normalized spacial score (nSPS) is 9.08. The van der Waals surface area contributed by atoms with Crippen LogP contribution in [0.5, 0.6) is 0 Å². The first-order valence-corrected chi connectivity index (χ1v) is 16.5. The minimum atomic E-state index is -0.274. The molecule has 142 valence electrons. The molecule has 0 aromatic heterocycles. The van der Waals surface area contributed by atoms with E-state index in [-0.39, 0.29) is 29.6 Å². The number of rotatable bonds is 2. The van der Waals surface area contributed by atoms with Gasteiger partial charge in [0.25, 0.3) is 0 Å². The second-order valence-corrected chi connectivity index (χ2v) is 18.7. The zero-order valence-electron chi connectivity index (χ0n) is 16.2. The Hall–Kier alpha value is 0.137. The van der Waals surface area contributed by atoms with E-state index in [9.17, 15) is 0 Å². The SMILES string of the molecule is CCC[Si](Cl)=[Hf+2].Cc1c[c-](C)c(C)c1C.[Cl-].[Cl-].c1ccc2[cH-]ccc2c1. The molecule has 0 radical (unpaired) electrons. The van der Waals surface area contributed by atoms with E-state index < -0.39 is 0 Å². The summed E-state index contributed by atoms with van der Waals surface area (Å²) >= 11 is 6.99. The van der Waals surface area contributed by atoms with Crippen molar-refractivity contribution in [3.8, 4) is 0 Å². The fraction of sp³-hybridized carbons (Fsp3) is 0.333. The summed E-state index contributed by atoms with van der Waals surface area (Å²) in [6.07, 6.45) is 1.28. The summed E-state index contributed by atoms with van der Waals surface area (Å²) in [5, 5.41) is 2.66. The van der Waals surface area contributed by atoms with E-state index >= 15 is 0 Å². The van der Waals surface area contributed by atoms with Crippen molar-refractivity contribution in [2.75, 3.05) is 0 Å². The van der Waals surface area contributed by atoms with Crippen LogP contribution in [0.15, 0.2) is 48.5 Å². The maximum Gasteiger partial charge on any atom is -0.0630 e. The van der Waals surface area contributed by atoms with Gasteiger partial charge >= 0.3 is 58.3 Å². The summed E-state index contributed by atoms with van der Waals surface area (Å²) in [4.78, 5) is -0.274. The van der Waals surface area contributed by atoms with Gasteiger partial charge in [0.2, 0.25) is 0 Å². The van der Waals surface area contributed by atoms with Gasteiger partial charge in [-0.3, -0.25) is 0 Å². The zero-order chi connectivity index (χ0) is 18.1. The van der Waals surface area contributed by atoms with E-state index in [1.807, 2.05) is 0 Å². The van der Waals surface area contributed by atoms with Gasteiger partial charge in [-0.25, -0.2) is 0 Å². The predicted molar refractivity (Wildman–Crippen MR) is 107 cm³/mol. The molecule has 0 nitrogen and oxygen atoms in total. The van der Waals surface area contributed by atoms with Gasteiger partial charge in [0, 0.05) is 0 Å². The van der Waals surface area contributed by atoms with Crippen LogP contribution in [0, 0.1) is 27.7 Å². The van der Waals surface area contributed by atoms with Crippen LogP contribution in [0.25, 0.3) is 10.8 Å². The molecule has 0 aliphatic rings. The predicted octanol–water partition coefficient (Wildman–Crippen LogP) is 0.876. The topological polar surface area (TPSA) is 0 Å². The third kappa shape index (κ3) is 9.89. The Morgan fingerprint density at radius 2 is 1.73 bits per heavy atom. The molecule has 0 unspecified atom stereocenters. The molecule has 0 atom stereocenters. The van der Waals surface area contributed by atoms with E-state index in [0.717, 1.165) is 0 Å². The van der Waals surface area contributed by atoms with Gasteiger partial charge in [-0.15, -0.1) is 29.7 Å². The van der Waals surface area contributed by atoms with Gasteiger partial charge in [-0.05, 0) is 0 Å². The number of aryl methyl sites for hydroxylation is 2. The molecule has 0 amide bonds. The van der Waals surface area contributed by atoms with E-state index in [2.05, 4.69) is 83.1 Å². The summed E-state index contributed by atoms with van der Waals surface area (Å²) in [6.45, 7) is 10.9. The molecule has 0 aliphatic carbocycles. The van der Waals surface area contributed by atoms with E-state index in [1.165, 1.54) is 68.5 Å². The van der Waals surface area contributed by atoms with Gasteiger partial charge < -0.3 is 24.8 Å². The molecule has 5 heteroatoms. The van der Waals surface area contributed by atoms with E-state index in [1.54, 1.807) is 0 Å². The average Bonchev–Trinajstić information content (AvgIpc) is 3.10. The van der Waals surface area contributed by atoms with Gasteiger partial charge in [0.15, 0.2) is 0 Å². The number of fused-ring (bicyclic) bond motifs is 1. The van der Waals surface area contributed by atoms with Crippen LogP contribution in [0.2, 0.25) is 6.04 Å².